The van der Waals surface area contributed by atoms with Gasteiger partial charge in [-0.05, 0) is 62.3 Å². The highest BCUT2D eigenvalue weighted by Gasteiger charge is 2.36. The van der Waals surface area contributed by atoms with Crippen LogP contribution >= 0.6 is 12.4 Å². The lowest BCUT2D eigenvalue weighted by Gasteiger charge is -2.35. The maximum absolute atomic E-state index is 14.2. The summed E-state index contributed by atoms with van der Waals surface area (Å²) in [6, 6.07) is 11.1. The van der Waals surface area contributed by atoms with Gasteiger partial charge in [-0.1, -0.05) is 83.9 Å². The maximum atomic E-state index is 14.2. The molecule has 2 aromatic carbocycles. The fourth-order valence-corrected chi connectivity index (χ4v) is 5.55. The number of nitrogens with two attached hydrogens (primary N) is 1. The van der Waals surface area contributed by atoms with Crippen molar-refractivity contribution < 1.29 is 24.6 Å². The molecule has 2 rings (SSSR count). The summed E-state index contributed by atoms with van der Waals surface area (Å²) in [6.45, 7) is 12.2. The second kappa shape index (κ2) is 20.4. The van der Waals surface area contributed by atoms with Crippen LogP contribution in [0, 0.1) is 17.8 Å². The van der Waals surface area contributed by atoms with E-state index in [4.69, 9.17) is 5.73 Å². The number of rotatable bonds is 19. The van der Waals surface area contributed by atoms with Crippen LogP contribution in [0.5, 0.6) is 0 Å². The van der Waals surface area contributed by atoms with E-state index < -0.39 is 30.1 Å². The van der Waals surface area contributed by atoms with Crippen LogP contribution in [0.2, 0.25) is 0 Å². The number of halogens is 1. The number of carbonyl (C=O) groups is 3. The van der Waals surface area contributed by atoms with Crippen molar-refractivity contribution in [1.82, 2.24) is 10.6 Å². The van der Waals surface area contributed by atoms with Gasteiger partial charge >= 0.3 is 0 Å². The summed E-state index contributed by atoms with van der Waals surface area (Å²) < 4.78 is 0. The Labute approximate surface area is 276 Å². The standard InChI is InChI=1S/C35H56N4O5.ClH/c1-7-8-17-31(39(35(44)25(6)36)30-18-11-14-26-13-9-10-16-28(26)30)34(43)38-29(20-23(2)3)32(41)21-27(15-12-19-40)33(42)37-22-24(4)5;/h9-11,13-14,16,18,23-25,27,29,31-32,40-41H,7-8,12,15,17,19-22,36H2,1-6H3,(H,37,42)(H,38,43);1H/t25-,27?,29-,31-,32-;/m0./s1. The van der Waals surface area contributed by atoms with Crippen molar-refractivity contribution in [2.24, 2.45) is 23.5 Å². The van der Waals surface area contributed by atoms with Gasteiger partial charge in [0.15, 0.2) is 0 Å². The first kappa shape index (κ1) is 40.3. The van der Waals surface area contributed by atoms with Gasteiger partial charge in [-0.15, -0.1) is 12.4 Å². The molecular weight excluding hydrogens is 592 g/mol. The molecular formula is C35H57ClN4O5. The number of hydrogen-bond donors (Lipinski definition) is 5. The summed E-state index contributed by atoms with van der Waals surface area (Å²) in [5.41, 5.74) is 6.77. The lowest BCUT2D eigenvalue weighted by molar-refractivity contribution is -0.129. The molecule has 0 aliphatic rings. The predicted octanol–water partition coefficient (Wildman–Crippen LogP) is 4.94. The van der Waals surface area contributed by atoms with Crippen LogP contribution in [0.15, 0.2) is 42.5 Å². The summed E-state index contributed by atoms with van der Waals surface area (Å²) >= 11 is 0. The molecule has 10 heteroatoms. The van der Waals surface area contributed by atoms with Crippen LogP contribution in [0.1, 0.15) is 86.5 Å². The maximum Gasteiger partial charge on any atom is 0.244 e. The van der Waals surface area contributed by atoms with Crippen molar-refractivity contribution in [2.75, 3.05) is 18.1 Å². The van der Waals surface area contributed by atoms with Crippen LogP contribution in [-0.4, -0.2) is 65.3 Å². The number of nitrogens with one attached hydrogen (secondary N) is 2. The Balaban J connectivity index is 0.0000101. The van der Waals surface area contributed by atoms with Crippen molar-refractivity contribution in [3.05, 3.63) is 42.5 Å². The van der Waals surface area contributed by atoms with Gasteiger partial charge in [-0.2, -0.15) is 0 Å². The van der Waals surface area contributed by atoms with Gasteiger partial charge in [0.05, 0.1) is 23.9 Å². The normalized spacial score (nSPS) is 14.7. The first-order valence-electron chi connectivity index (χ1n) is 16.3. The van der Waals surface area contributed by atoms with Crippen LogP contribution in [0.4, 0.5) is 5.69 Å². The Bertz CT molecular complexity index is 1190. The molecule has 254 valence electrons. The van der Waals surface area contributed by atoms with Gasteiger partial charge in [0.1, 0.15) is 6.04 Å². The average Bonchev–Trinajstić information content (AvgIpc) is 2.98. The molecule has 2 aromatic rings. The summed E-state index contributed by atoms with van der Waals surface area (Å²) in [6.07, 6.45) is 2.46. The number of anilines is 1. The van der Waals surface area contributed by atoms with E-state index in [9.17, 15) is 24.6 Å². The van der Waals surface area contributed by atoms with E-state index >= 15 is 0 Å². The van der Waals surface area contributed by atoms with E-state index in [2.05, 4.69) is 10.6 Å². The number of unbranched alkanes of at least 4 members (excludes halogenated alkanes) is 1. The molecule has 45 heavy (non-hydrogen) atoms. The van der Waals surface area contributed by atoms with Gasteiger partial charge < -0.3 is 26.6 Å². The van der Waals surface area contributed by atoms with E-state index in [1.807, 2.05) is 77.1 Å². The Morgan fingerprint density at radius 3 is 2.16 bits per heavy atom. The van der Waals surface area contributed by atoms with Gasteiger partial charge in [-0.3, -0.25) is 19.3 Å². The molecule has 0 heterocycles. The number of carbonyl (C=O) groups excluding carboxylic acids is 3. The molecule has 0 aliphatic carbocycles. The molecule has 0 saturated heterocycles. The zero-order valence-electron chi connectivity index (χ0n) is 28.0. The lowest BCUT2D eigenvalue weighted by atomic mass is 9.89. The van der Waals surface area contributed by atoms with E-state index in [-0.39, 0.29) is 55.0 Å². The summed E-state index contributed by atoms with van der Waals surface area (Å²) in [5, 5.41) is 28.8. The first-order valence-corrected chi connectivity index (χ1v) is 16.3. The summed E-state index contributed by atoms with van der Waals surface area (Å²) in [5.74, 6) is -0.962. The fourth-order valence-electron chi connectivity index (χ4n) is 5.55. The Hall–Kier alpha value is -2.72. The number of hydrogen-bond acceptors (Lipinski definition) is 6. The van der Waals surface area contributed by atoms with E-state index in [0.717, 1.165) is 17.2 Å². The molecule has 0 bridgehead atoms. The molecule has 1 unspecified atom stereocenters. The van der Waals surface area contributed by atoms with E-state index in [1.165, 1.54) is 0 Å². The highest BCUT2D eigenvalue weighted by Crippen LogP contribution is 2.30. The molecule has 0 spiro atoms. The minimum Gasteiger partial charge on any atom is -0.396 e. The fraction of sp³-hybridized carbons (Fsp3) is 0.629. The van der Waals surface area contributed by atoms with Gasteiger partial charge in [-0.25, -0.2) is 0 Å². The Morgan fingerprint density at radius 2 is 1.56 bits per heavy atom. The molecule has 6 N–H and O–H groups in total. The highest BCUT2D eigenvalue weighted by atomic mass is 35.5. The minimum atomic E-state index is -1.00. The topological polar surface area (TPSA) is 145 Å². The van der Waals surface area contributed by atoms with Crippen molar-refractivity contribution in [3.8, 4) is 0 Å². The molecule has 0 radical (unpaired) electrons. The van der Waals surface area contributed by atoms with Crippen molar-refractivity contribution in [3.63, 3.8) is 0 Å². The van der Waals surface area contributed by atoms with Crippen molar-refractivity contribution in [1.29, 1.82) is 0 Å². The second-order valence-electron chi connectivity index (χ2n) is 12.9. The molecule has 3 amide bonds. The quantitative estimate of drug-likeness (QED) is 0.146. The van der Waals surface area contributed by atoms with E-state index in [1.54, 1.807) is 11.8 Å². The number of benzene rings is 2. The molecule has 5 atom stereocenters. The number of amides is 3. The molecule has 0 aliphatic heterocycles. The van der Waals surface area contributed by atoms with Crippen LogP contribution in [-0.2, 0) is 14.4 Å². The number of aliphatic hydroxyl groups excluding tert-OH is 2. The second-order valence-corrected chi connectivity index (χ2v) is 12.9. The van der Waals surface area contributed by atoms with Gasteiger partial charge in [0, 0.05) is 24.5 Å². The average molecular weight is 649 g/mol. The zero-order valence-corrected chi connectivity index (χ0v) is 28.8. The third-order valence-corrected chi connectivity index (χ3v) is 7.91. The van der Waals surface area contributed by atoms with Gasteiger partial charge in [0.25, 0.3) is 0 Å². The summed E-state index contributed by atoms with van der Waals surface area (Å²) in [4.78, 5) is 42.5. The first-order chi connectivity index (χ1) is 20.9. The van der Waals surface area contributed by atoms with E-state index in [0.29, 0.717) is 44.3 Å². The third-order valence-electron chi connectivity index (χ3n) is 7.91. The largest absolute Gasteiger partial charge is 0.396 e. The Morgan fingerprint density at radius 1 is 0.889 bits per heavy atom. The number of nitrogens with zero attached hydrogens (tertiary/aromatic N) is 1. The van der Waals surface area contributed by atoms with Crippen LogP contribution in [0.3, 0.4) is 0 Å². The van der Waals surface area contributed by atoms with Crippen molar-refractivity contribution in [2.45, 2.75) is 111 Å². The van der Waals surface area contributed by atoms with Crippen LogP contribution < -0.4 is 21.3 Å². The van der Waals surface area contributed by atoms with Crippen LogP contribution in [0.25, 0.3) is 10.8 Å². The summed E-state index contributed by atoms with van der Waals surface area (Å²) in [7, 11) is 0. The highest BCUT2D eigenvalue weighted by molar-refractivity contribution is 6.09. The van der Waals surface area contributed by atoms with Gasteiger partial charge in [0.2, 0.25) is 17.7 Å². The smallest absolute Gasteiger partial charge is 0.244 e. The molecule has 0 aromatic heterocycles. The molecule has 9 nitrogen and oxygen atoms in total. The molecule has 0 fully saturated rings. The zero-order chi connectivity index (χ0) is 32.8. The van der Waals surface area contributed by atoms with Crippen molar-refractivity contribution >= 4 is 46.6 Å². The Kier molecular flexibility index (Phi) is 18.3. The SMILES string of the molecule is CCCC[C@@H](C(=O)N[C@@H](CC(C)C)[C@@H](O)CC(CCCO)C(=O)NCC(C)C)N(C(=O)[C@H](C)N)c1cccc2ccccc12.Cl. The predicted molar refractivity (Wildman–Crippen MR) is 185 cm³/mol. The number of aliphatic hydroxyl groups is 2. The lowest BCUT2D eigenvalue weighted by Crippen LogP contribution is -2.57. The third kappa shape index (κ3) is 12.5. The minimum absolute atomic E-state index is 0. The monoisotopic (exact) mass is 648 g/mol. The number of fused-ring (bicyclic) bond motifs is 1. The molecule has 0 saturated carbocycles.